The molecule has 16 heavy (non-hydrogen) atoms. The number of rotatable bonds is 4. The molecule has 0 saturated carbocycles. The van der Waals surface area contributed by atoms with Crippen LogP contribution in [-0.4, -0.2) is 9.97 Å². The Morgan fingerprint density at radius 2 is 2.19 bits per heavy atom. The minimum atomic E-state index is 0.518. The van der Waals surface area contributed by atoms with Crippen molar-refractivity contribution in [2.75, 3.05) is 0 Å². The summed E-state index contributed by atoms with van der Waals surface area (Å²) in [6.45, 7) is 4.94. The average Bonchev–Trinajstić information content (AvgIpc) is 2.83. The van der Waals surface area contributed by atoms with Crippen LogP contribution in [0.25, 0.3) is 10.0 Å². The molecule has 0 radical (unpaired) electrons. The van der Waals surface area contributed by atoms with Crippen molar-refractivity contribution >= 4 is 22.7 Å². The first kappa shape index (κ1) is 11.7. The average molecular weight is 253 g/mol. The van der Waals surface area contributed by atoms with Crippen LogP contribution in [0.1, 0.15) is 24.4 Å². The van der Waals surface area contributed by atoms with Gasteiger partial charge >= 0.3 is 0 Å². The fourth-order valence-corrected chi connectivity index (χ4v) is 3.47. The summed E-state index contributed by atoms with van der Waals surface area (Å²) in [5.41, 5.74) is 6.75. The van der Waals surface area contributed by atoms with E-state index in [4.69, 9.17) is 5.73 Å². The molecule has 0 atom stereocenters. The monoisotopic (exact) mass is 253 g/mol. The highest BCUT2D eigenvalue weighted by molar-refractivity contribution is 7.20. The van der Waals surface area contributed by atoms with Gasteiger partial charge in [-0.15, -0.1) is 22.7 Å². The van der Waals surface area contributed by atoms with Crippen LogP contribution in [0.3, 0.4) is 0 Å². The molecule has 2 aromatic rings. The van der Waals surface area contributed by atoms with E-state index in [1.54, 1.807) is 22.7 Å². The zero-order valence-corrected chi connectivity index (χ0v) is 11.1. The van der Waals surface area contributed by atoms with Crippen LogP contribution in [-0.2, 0) is 13.0 Å². The number of aromatic nitrogens is 2. The van der Waals surface area contributed by atoms with Gasteiger partial charge in [-0.2, -0.15) is 0 Å². The Labute approximate surface area is 103 Å². The first-order chi connectivity index (χ1) is 7.70. The molecule has 0 fully saturated rings. The van der Waals surface area contributed by atoms with Crippen molar-refractivity contribution in [2.45, 2.75) is 26.8 Å². The smallest absolute Gasteiger partial charge is 0.152 e. The maximum absolute atomic E-state index is 5.72. The molecule has 5 heteroatoms. The van der Waals surface area contributed by atoms with Gasteiger partial charge in [0, 0.05) is 23.0 Å². The van der Waals surface area contributed by atoms with Crippen molar-refractivity contribution in [1.82, 2.24) is 9.97 Å². The second-order valence-corrected chi connectivity index (χ2v) is 6.01. The van der Waals surface area contributed by atoms with E-state index in [2.05, 4.69) is 23.8 Å². The van der Waals surface area contributed by atoms with Crippen molar-refractivity contribution in [3.05, 3.63) is 22.1 Å². The van der Waals surface area contributed by atoms with Gasteiger partial charge in [-0.05, 0) is 12.3 Å². The lowest BCUT2D eigenvalue weighted by molar-refractivity contribution is 0.648. The Morgan fingerprint density at radius 1 is 1.38 bits per heavy atom. The molecule has 0 bridgehead atoms. The van der Waals surface area contributed by atoms with E-state index in [1.165, 1.54) is 4.88 Å². The normalized spacial score (nSPS) is 11.2. The van der Waals surface area contributed by atoms with Crippen LogP contribution in [0.15, 0.2) is 11.6 Å². The summed E-state index contributed by atoms with van der Waals surface area (Å²) in [7, 11) is 0. The highest BCUT2D eigenvalue weighted by atomic mass is 32.1. The Kier molecular flexibility index (Phi) is 3.68. The third-order valence-electron chi connectivity index (χ3n) is 2.18. The van der Waals surface area contributed by atoms with Crippen LogP contribution < -0.4 is 5.73 Å². The summed E-state index contributed by atoms with van der Waals surface area (Å²) in [5, 5.41) is 3.97. The molecule has 0 saturated heterocycles. The van der Waals surface area contributed by atoms with Gasteiger partial charge in [-0.3, -0.25) is 0 Å². The summed E-state index contributed by atoms with van der Waals surface area (Å²) in [5.74, 6) is 0.634. The number of thiazole rings is 2. The summed E-state index contributed by atoms with van der Waals surface area (Å²) in [4.78, 5) is 10.2. The highest BCUT2D eigenvalue weighted by Crippen LogP contribution is 2.30. The standard InChI is InChI=1S/C11H15N3S2/c1-7(2)5-9-8(6-12)14-11(16-9)10-13-3-4-15-10/h3-4,7H,5-6,12H2,1-2H3. The van der Waals surface area contributed by atoms with E-state index in [1.807, 2.05) is 11.6 Å². The predicted molar refractivity (Wildman–Crippen MR) is 69.7 cm³/mol. The highest BCUT2D eigenvalue weighted by Gasteiger charge is 2.13. The van der Waals surface area contributed by atoms with Gasteiger partial charge in [-0.1, -0.05) is 13.8 Å². The fourth-order valence-electron chi connectivity index (χ4n) is 1.49. The molecule has 0 amide bonds. The number of hydrogen-bond donors (Lipinski definition) is 1. The Morgan fingerprint density at radius 3 is 2.75 bits per heavy atom. The van der Waals surface area contributed by atoms with Gasteiger partial charge in [0.15, 0.2) is 10.0 Å². The van der Waals surface area contributed by atoms with Crippen LogP contribution >= 0.6 is 22.7 Å². The molecular formula is C11H15N3S2. The van der Waals surface area contributed by atoms with E-state index in [0.717, 1.165) is 22.1 Å². The maximum atomic E-state index is 5.72. The molecule has 0 spiro atoms. The van der Waals surface area contributed by atoms with Gasteiger partial charge in [-0.25, -0.2) is 9.97 Å². The van der Waals surface area contributed by atoms with Crippen molar-refractivity contribution in [3.63, 3.8) is 0 Å². The molecule has 2 heterocycles. The Bertz CT molecular complexity index is 446. The van der Waals surface area contributed by atoms with Crippen molar-refractivity contribution < 1.29 is 0 Å². The van der Waals surface area contributed by atoms with Gasteiger partial charge in [0.2, 0.25) is 0 Å². The quantitative estimate of drug-likeness (QED) is 0.911. The van der Waals surface area contributed by atoms with Crippen molar-refractivity contribution in [3.8, 4) is 10.0 Å². The van der Waals surface area contributed by atoms with Crippen LogP contribution in [0.5, 0.6) is 0 Å². The third kappa shape index (κ3) is 2.48. The lowest BCUT2D eigenvalue weighted by atomic mass is 10.1. The van der Waals surface area contributed by atoms with Crippen molar-refractivity contribution in [2.24, 2.45) is 11.7 Å². The Balaban J connectivity index is 2.32. The van der Waals surface area contributed by atoms with E-state index in [-0.39, 0.29) is 0 Å². The molecule has 0 unspecified atom stereocenters. The van der Waals surface area contributed by atoms with Crippen LogP contribution in [0.2, 0.25) is 0 Å². The second kappa shape index (κ2) is 5.03. The topological polar surface area (TPSA) is 51.8 Å². The lowest BCUT2D eigenvalue weighted by Gasteiger charge is -2.02. The fraction of sp³-hybridized carbons (Fsp3) is 0.455. The van der Waals surface area contributed by atoms with E-state index >= 15 is 0 Å². The van der Waals surface area contributed by atoms with E-state index < -0.39 is 0 Å². The van der Waals surface area contributed by atoms with Gasteiger partial charge in [0.05, 0.1) is 5.69 Å². The lowest BCUT2D eigenvalue weighted by Crippen LogP contribution is -2.02. The molecule has 2 rings (SSSR count). The van der Waals surface area contributed by atoms with Gasteiger partial charge < -0.3 is 5.73 Å². The zero-order valence-electron chi connectivity index (χ0n) is 9.43. The van der Waals surface area contributed by atoms with E-state index in [0.29, 0.717) is 12.5 Å². The number of hydrogen-bond acceptors (Lipinski definition) is 5. The molecule has 0 aromatic carbocycles. The first-order valence-electron chi connectivity index (χ1n) is 5.29. The molecule has 86 valence electrons. The molecule has 0 aliphatic rings. The van der Waals surface area contributed by atoms with Crippen LogP contribution in [0.4, 0.5) is 0 Å². The largest absolute Gasteiger partial charge is 0.325 e. The molecule has 3 nitrogen and oxygen atoms in total. The summed E-state index contributed by atoms with van der Waals surface area (Å²) >= 11 is 3.35. The minimum absolute atomic E-state index is 0.518. The number of nitrogens with zero attached hydrogens (tertiary/aromatic N) is 2. The van der Waals surface area contributed by atoms with Gasteiger partial charge in [0.25, 0.3) is 0 Å². The molecule has 0 aliphatic heterocycles. The summed E-state index contributed by atoms with van der Waals surface area (Å²) < 4.78 is 0. The predicted octanol–water partition coefficient (Wildman–Crippen LogP) is 2.92. The summed E-state index contributed by atoms with van der Waals surface area (Å²) in [6.07, 6.45) is 2.86. The Hall–Kier alpha value is -0.780. The third-order valence-corrected chi connectivity index (χ3v) is 4.22. The second-order valence-electron chi connectivity index (χ2n) is 4.03. The maximum Gasteiger partial charge on any atom is 0.152 e. The first-order valence-corrected chi connectivity index (χ1v) is 6.98. The molecule has 2 N–H and O–H groups in total. The minimum Gasteiger partial charge on any atom is -0.325 e. The van der Waals surface area contributed by atoms with Crippen molar-refractivity contribution in [1.29, 1.82) is 0 Å². The van der Waals surface area contributed by atoms with E-state index in [9.17, 15) is 0 Å². The molecular weight excluding hydrogens is 238 g/mol. The molecule has 0 aliphatic carbocycles. The zero-order chi connectivity index (χ0) is 11.5. The van der Waals surface area contributed by atoms with Gasteiger partial charge in [0.1, 0.15) is 0 Å². The van der Waals surface area contributed by atoms with Crippen LogP contribution in [0, 0.1) is 5.92 Å². The SMILES string of the molecule is CC(C)Cc1sc(-c2nccs2)nc1CN. The summed E-state index contributed by atoms with van der Waals surface area (Å²) in [6, 6.07) is 0. The molecule has 2 aromatic heterocycles. The number of nitrogens with two attached hydrogens (primary N) is 1.